The molecule has 1 aliphatic carbocycles. The van der Waals surface area contributed by atoms with Gasteiger partial charge in [0.1, 0.15) is 55.8 Å². The first-order chi connectivity index (χ1) is 64.2. The largest absolute Gasteiger partial charge is 0.459 e. The molecule has 6 saturated heterocycles. The number of benzene rings is 4. The fourth-order valence-electron chi connectivity index (χ4n) is 20.6. The van der Waals surface area contributed by atoms with Crippen LogP contribution >= 0.6 is 0 Å². The van der Waals surface area contributed by atoms with Crippen LogP contribution in [0, 0.1) is 35.5 Å². The molecule has 4 aromatic carbocycles. The third-order valence-electron chi connectivity index (χ3n) is 28.0. The number of alkyl halides is 2. The van der Waals surface area contributed by atoms with E-state index in [9.17, 15) is 68.1 Å². The van der Waals surface area contributed by atoms with Crippen molar-refractivity contribution in [2.24, 2.45) is 45.7 Å². The Morgan fingerprint density at radius 1 is 0.566 bits per heavy atom. The molecule has 0 bridgehead atoms. The van der Waals surface area contributed by atoms with Crippen LogP contribution in [0.25, 0.3) is 32.0 Å². The van der Waals surface area contributed by atoms with Crippen molar-refractivity contribution >= 4 is 65.3 Å². The third-order valence-corrected chi connectivity index (χ3v) is 28.0. The molecule has 26 atom stereocenters. The normalized spacial score (nSPS) is 34.6. The van der Waals surface area contributed by atoms with Gasteiger partial charge in [0.05, 0.1) is 58.8 Å². The number of aliphatic hydroxyl groups excluding tert-OH is 2. The van der Waals surface area contributed by atoms with Crippen LogP contribution in [0.4, 0.5) is 23.2 Å². The van der Waals surface area contributed by atoms with E-state index in [1.54, 1.807) is 116 Å². The number of cyclic esters (lactones) is 2. The average Bonchev–Trinajstić information content (AvgIpc) is 1.54. The number of fused-ring (bicyclic) bond motifs is 5. The number of nitrogens with one attached hydrogen (secondary N) is 1. The van der Waals surface area contributed by atoms with E-state index in [-0.39, 0.29) is 95.2 Å². The van der Waals surface area contributed by atoms with E-state index in [4.69, 9.17) is 72.6 Å². The fraction of sp³-hybridized carbons (Fsp3) is 0.639. The molecular weight excluding hydrogens is 1780 g/mol. The second-order valence-electron chi connectivity index (χ2n) is 37.8. The van der Waals surface area contributed by atoms with Crippen molar-refractivity contribution in [2.45, 2.75) is 286 Å². The molecule has 7 aliphatic rings. The molecule has 4 N–H and O–H groups in total. The molecule has 8 unspecified atom stereocenters. The van der Waals surface area contributed by atoms with Crippen LogP contribution < -0.4 is 5.32 Å². The van der Waals surface area contributed by atoms with Crippen LogP contribution in [0.5, 0.6) is 0 Å². The third kappa shape index (κ3) is 23.2. The van der Waals surface area contributed by atoms with Crippen LogP contribution in [0.1, 0.15) is 199 Å². The summed E-state index contributed by atoms with van der Waals surface area (Å²) in [5.74, 6) is -18.6. The molecule has 0 spiro atoms. The first-order valence-corrected chi connectivity index (χ1v) is 46.3. The lowest BCUT2D eigenvalue weighted by Gasteiger charge is -2.49. The number of hydrogen-bond acceptors (Lipinski definition) is 30. The maximum Gasteiger partial charge on any atom is 0.410 e. The SMILES string of the molecule is CC[C@H]1OC(=O)[C@@](C)(F)C(=O)[C@H](C)[C@@H](OC2(O)OC(COC(=O)c3ccccc3)CC(NC(=O)OCC3c4ccccc4-c4ccccc43)C2O)[C@@](C)(OC)C[C@@H](C)C(=O)[C@H](C)[C@H]2N(CCCCN=[N+]=[N-])C(=O)O[C@]12C.CC[C@H]1OC(=O)[C@@](C)(F)C(=O)[C@H](C)[C@@H](OC2OC(COC(=O)c3ccccc3)CC(N(C)C)C2O)[C@@](C)(OC)C[C@@H](C)C(=O)[C@H](C)[C@H]2N(CCCCN=[N+]=[N-])C(=O)O[C@]12C. The minimum Gasteiger partial charge on any atom is -0.459 e. The van der Waals surface area contributed by atoms with Gasteiger partial charge in [-0.25, -0.2) is 42.3 Å². The van der Waals surface area contributed by atoms with Crippen molar-refractivity contribution < 1.29 is 138 Å². The highest BCUT2D eigenvalue weighted by atomic mass is 19.1. The zero-order valence-electron chi connectivity index (χ0n) is 80.4. The molecule has 136 heavy (non-hydrogen) atoms. The van der Waals surface area contributed by atoms with Gasteiger partial charge in [-0.2, -0.15) is 0 Å². The standard InChI is InChI=1S/C55H68FN5O15.C42H62FN5O12/c1-9-42-54(7)44(61(51(68)76-54)26-18-17-25-58-60-57)32(3)43(62)31(2)28-52(5,70-8)47(33(4)45(63)53(6,56)49(66)73-42)75-55(69)46(64)41(27-35(74-55)29-71-48(65)34-19-11-10-12-20-34)59-50(67)72-30-40-38-23-15-13-21-36(38)37-22-14-16-24-39(37)40;1-11-30-42(7)33(48(39(54)60-42)20-16-15-19-45-46-44)25(3)31(49)24(2)22-40(5,55-10)35(26(4)34(51)41(6,43)38(53)58-30)59-37-32(50)29(47(8)9)21-28(57-37)23-56-36(52)27-17-13-12-14-18-27/h10-16,19-24,31-33,35,40-42,44,46-47,64,69H,9,17-18,25-30H2,1-8H3,(H,59,67);12-14,17-18,24-26,28-30,32-33,35,37,50H,11,15-16,19-23H2,1-10H3/t31-,32+,33+,35?,41?,42-,44-,46?,47-,52+,53+,54-,55?;24-,25+,26+,28?,29?,30-,32?,33-,35-,37?,40+,41+,42-/m11/s1. The summed E-state index contributed by atoms with van der Waals surface area (Å²) in [5.41, 5.74) is 8.28. The molecule has 39 heteroatoms. The van der Waals surface area contributed by atoms with Crippen molar-refractivity contribution in [1.29, 1.82) is 0 Å². The molecule has 0 saturated carbocycles. The number of esters is 4. The van der Waals surface area contributed by atoms with Crippen molar-refractivity contribution in [3.8, 4) is 11.1 Å². The molecule has 4 aromatic rings. The molecule has 11 rings (SSSR count). The minimum absolute atomic E-state index is 0.0340. The summed E-state index contributed by atoms with van der Waals surface area (Å²) in [6.07, 6.45) is -14.7. The van der Waals surface area contributed by atoms with Gasteiger partial charge in [0.2, 0.25) is 0 Å². The Morgan fingerprint density at radius 2 is 0.985 bits per heavy atom. The molecule has 6 heterocycles. The summed E-state index contributed by atoms with van der Waals surface area (Å²) in [5, 5.41) is 46.2. The van der Waals surface area contributed by atoms with Crippen LogP contribution in [-0.4, -0.2) is 289 Å². The van der Waals surface area contributed by atoms with Crippen LogP contribution in [-0.2, 0) is 90.3 Å². The quantitative estimate of drug-likeness (QED) is 0.00599. The average molecular weight is 1910 g/mol. The van der Waals surface area contributed by atoms with E-state index < -0.39 is 221 Å². The number of hydrogen-bond donors (Lipinski definition) is 4. The van der Waals surface area contributed by atoms with Crippen molar-refractivity contribution in [2.75, 3.05) is 74.3 Å². The van der Waals surface area contributed by atoms with Crippen LogP contribution in [0.15, 0.2) is 119 Å². The zero-order valence-corrected chi connectivity index (χ0v) is 80.4. The lowest BCUT2D eigenvalue weighted by atomic mass is 9.73. The number of unbranched alkanes of at least 4 members (excludes halogenated alkanes) is 2. The van der Waals surface area contributed by atoms with E-state index >= 15 is 8.78 Å². The number of alkyl carbamates (subject to hydrolysis) is 1. The Bertz CT molecular complexity index is 4990. The molecule has 0 aromatic heterocycles. The Kier molecular flexibility index (Phi) is 35.8. The Labute approximate surface area is 789 Å². The number of halogens is 2. The Hall–Kier alpha value is -10.7. The first-order valence-electron chi connectivity index (χ1n) is 46.3. The van der Waals surface area contributed by atoms with Gasteiger partial charge in [-0.3, -0.25) is 19.2 Å². The predicted molar refractivity (Wildman–Crippen MR) is 484 cm³/mol. The van der Waals surface area contributed by atoms with Crippen molar-refractivity contribution in [1.82, 2.24) is 20.0 Å². The molecular formula is C97H130F2N10O27. The number of ketones is 4. The van der Waals surface area contributed by atoms with Crippen LogP contribution in [0.3, 0.4) is 0 Å². The van der Waals surface area contributed by atoms with Gasteiger partial charge in [0.25, 0.3) is 11.3 Å². The van der Waals surface area contributed by atoms with Gasteiger partial charge in [0, 0.05) is 104 Å². The van der Waals surface area contributed by atoms with Crippen molar-refractivity contribution in [3.05, 3.63) is 152 Å². The van der Waals surface area contributed by atoms with E-state index in [0.717, 1.165) is 29.2 Å². The molecule has 0 radical (unpaired) electrons. The summed E-state index contributed by atoms with van der Waals surface area (Å²) >= 11 is 0. The highest BCUT2D eigenvalue weighted by Crippen LogP contribution is 2.50. The van der Waals surface area contributed by atoms with E-state index in [2.05, 4.69) is 25.4 Å². The van der Waals surface area contributed by atoms with E-state index in [0.29, 0.717) is 38.2 Å². The molecule has 744 valence electrons. The smallest absolute Gasteiger partial charge is 0.410 e. The minimum atomic E-state index is -3.45. The zero-order chi connectivity index (χ0) is 100. The number of carbonyl (C=O) groups excluding carboxylic acids is 11. The topological polar surface area (TPSA) is 488 Å². The van der Waals surface area contributed by atoms with Crippen molar-refractivity contribution in [3.63, 3.8) is 0 Å². The number of ether oxygens (including phenoxy) is 13. The first kappa shape index (κ1) is 107. The number of likely N-dealkylation sites (N-methyl/N-ethyl adjacent to an activating group) is 1. The number of Topliss-reactive ketones (excluding diaryl/α,β-unsaturated/α-hetero) is 4. The summed E-state index contributed by atoms with van der Waals surface area (Å²) in [6, 6.07) is 27.6. The van der Waals surface area contributed by atoms with E-state index in [1.165, 1.54) is 70.8 Å². The van der Waals surface area contributed by atoms with Gasteiger partial charge < -0.3 is 96.9 Å². The maximum atomic E-state index is 17.3. The number of rotatable bonds is 28. The van der Waals surface area contributed by atoms with Gasteiger partial charge in [-0.1, -0.05) is 151 Å². The number of nitrogens with zero attached hydrogens (tertiary/aromatic N) is 9. The second kappa shape index (κ2) is 45.3. The second-order valence-corrected chi connectivity index (χ2v) is 37.8. The lowest BCUT2D eigenvalue weighted by Crippen LogP contribution is -2.67. The highest BCUT2D eigenvalue weighted by Gasteiger charge is 2.66. The summed E-state index contributed by atoms with van der Waals surface area (Å²) in [4.78, 5) is 164. The van der Waals surface area contributed by atoms with Gasteiger partial charge in [-0.15, -0.1) is 0 Å². The number of amides is 3. The molecule has 37 nitrogen and oxygen atoms in total. The van der Waals surface area contributed by atoms with Gasteiger partial charge in [-0.05, 0) is 171 Å². The maximum absolute atomic E-state index is 17.3. The molecule has 6 fully saturated rings. The fourth-order valence-corrected chi connectivity index (χ4v) is 20.6. The summed E-state index contributed by atoms with van der Waals surface area (Å²) in [6.45, 7) is 19.4. The summed E-state index contributed by atoms with van der Waals surface area (Å²) in [7, 11) is 6.05. The molecule has 3 amide bonds. The summed E-state index contributed by atoms with van der Waals surface area (Å²) < 4.78 is 112. The number of methoxy groups -OCH3 is 2. The van der Waals surface area contributed by atoms with Gasteiger partial charge in [0.15, 0.2) is 35.2 Å². The molecule has 6 aliphatic heterocycles. The highest BCUT2D eigenvalue weighted by molar-refractivity contribution is 6.09. The lowest BCUT2D eigenvalue weighted by molar-refractivity contribution is -0.449. The van der Waals surface area contributed by atoms with Gasteiger partial charge >= 0.3 is 48.1 Å². The number of azide groups is 2. The number of aliphatic hydroxyl groups is 3. The Morgan fingerprint density at radius 3 is 1.41 bits per heavy atom. The van der Waals surface area contributed by atoms with E-state index in [1.807, 2.05) is 48.5 Å². The Balaban J connectivity index is 0.000000289. The predicted octanol–water partition coefficient (Wildman–Crippen LogP) is 12.7. The van der Waals surface area contributed by atoms with Crippen LogP contribution in [0.2, 0.25) is 0 Å². The number of carbonyl (C=O) groups is 11. The monoisotopic (exact) mass is 1900 g/mol.